The third-order valence-electron chi connectivity index (χ3n) is 2.77. The first kappa shape index (κ1) is 13.8. The molecule has 0 saturated heterocycles. The molecule has 3 nitrogen and oxygen atoms in total. The summed E-state index contributed by atoms with van der Waals surface area (Å²) in [6.07, 6.45) is 0. The van der Waals surface area contributed by atoms with Gasteiger partial charge in [0.2, 0.25) is 0 Å². The lowest BCUT2D eigenvalue weighted by Gasteiger charge is -2.23. The van der Waals surface area contributed by atoms with E-state index >= 15 is 0 Å². The molecule has 17 heavy (non-hydrogen) atoms. The second kappa shape index (κ2) is 6.50. The molecule has 0 bridgehead atoms. The number of hydrogen-bond acceptors (Lipinski definition) is 3. The highest BCUT2D eigenvalue weighted by Crippen LogP contribution is 2.22. The molecular formula is C14H24N2O. The highest BCUT2D eigenvalue weighted by molar-refractivity contribution is 5.47. The van der Waals surface area contributed by atoms with E-state index < -0.39 is 0 Å². The molecular weight excluding hydrogens is 212 g/mol. The molecule has 0 aliphatic rings. The van der Waals surface area contributed by atoms with Crippen LogP contribution in [0.4, 0.5) is 5.69 Å². The van der Waals surface area contributed by atoms with Gasteiger partial charge in [0.15, 0.2) is 0 Å². The smallest absolute Gasteiger partial charge is 0.123 e. The van der Waals surface area contributed by atoms with Crippen molar-refractivity contribution in [1.29, 1.82) is 0 Å². The second-order valence-corrected chi connectivity index (χ2v) is 4.79. The normalized spacial score (nSPS) is 11.2. The van der Waals surface area contributed by atoms with E-state index in [9.17, 15) is 0 Å². The summed E-state index contributed by atoms with van der Waals surface area (Å²) in [5.41, 5.74) is 7.78. The Morgan fingerprint density at radius 2 is 2.06 bits per heavy atom. The maximum atomic E-state index is 5.83. The highest BCUT2D eigenvalue weighted by Gasteiger charge is 2.10. The average Bonchev–Trinajstić information content (AvgIpc) is 2.28. The SMILES string of the molecule is CCN(Cc1cc(N)ccc1OC)CC(C)C. The molecule has 0 heterocycles. The van der Waals surface area contributed by atoms with Gasteiger partial charge in [0.05, 0.1) is 7.11 Å². The summed E-state index contributed by atoms with van der Waals surface area (Å²) in [6, 6.07) is 5.82. The maximum Gasteiger partial charge on any atom is 0.123 e. The standard InChI is InChI=1S/C14H24N2O/c1-5-16(9-11(2)3)10-12-8-13(15)6-7-14(12)17-4/h6-8,11H,5,9-10,15H2,1-4H3. The molecule has 0 amide bonds. The van der Waals surface area contributed by atoms with Crippen molar-refractivity contribution < 1.29 is 4.74 Å². The van der Waals surface area contributed by atoms with Crippen LogP contribution < -0.4 is 10.5 Å². The summed E-state index contributed by atoms with van der Waals surface area (Å²) < 4.78 is 5.37. The van der Waals surface area contributed by atoms with E-state index in [0.717, 1.165) is 36.6 Å². The molecule has 96 valence electrons. The molecule has 1 rings (SSSR count). The number of ether oxygens (including phenoxy) is 1. The van der Waals surface area contributed by atoms with Gasteiger partial charge >= 0.3 is 0 Å². The van der Waals surface area contributed by atoms with Gasteiger partial charge in [0.1, 0.15) is 5.75 Å². The number of anilines is 1. The van der Waals surface area contributed by atoms with E-state index in [4.69, 9.17) is 10.5 Å². The molecule has 0 unspecified atom stereocenters. The minimum absolute atomic E-state index is 0.669. The number of rotatable bonds is 6. The van der Waals surface area contributed by atoms with Gasteiger partial charge in [-0.3, -0.25) is 4.90 Å². The van der Waals surface area contributed by atoms with Crippen LogP contribution in [0.3, 0.4) is 0 Å². The zero-order valence-electron chi connectivity index (χ0n) is 11.4. The van der Waals surface area contributed by atoms with E-state index in [1.54, 1.807) is 7.11 Å². The fourth-order valence-electron chi connectivity index (χ4n) is 1.98. The van der Waals surface area contributed by atoms with Crippen LogP contribution in [-0.2, 0) is 6.54 Å². The Morgan fingerprint density at radius 3 is 2.59 bits per heavy atom. The average molecular weight is 236 g/mol. The van der Waals surface area contributed by atoms with E-state index in [2.05, 4.69) is 25.7 Å². The summed E-state index contributed by atoms with van der Waals surface area (Å²) in [5, 5.41) is 0. The first-order valence-electron chi connectivity index (χ1n) is 6.21. The minimum Gasteiger partial charge on any atom is -0.496 e. The van der Waals surface area contributed by atoms with E-state index in [-0.39, 0.29) is 0 Å². The second-order valence-electron chi connectivity index (χ2n) is 4.79. The molecule has 0 aliphatic heterocycles. The first-order valence-corrected chi connectivity index (χ1v) is 6.21. The van der Waals surface area contributed by atoms with Crippen molar-refractivity contribution in [3.63, 3.8) is 0 Å². The van der Waals surface area contributed by atoms with Crippen molar-refractivity contribution in [2.24, 2.45) is 5.92 Å². The number of nitrogens with zero attached hydrogens (tertiary/aromatic N) is 1. The Labute approximate surface area is 105 Å². The quantitative estimate of drug-likeness (QED) is 0.772. The number of methoxy groups -OCH3 is 1. The van der Waals surface area contributed by atoms with Crippen molar-refractivity contribution in [2.75, 3.05) is 25.9 Å². The Morgan fingerprint density at radius 1 is 1.35 bits per heavy atom. The molecule has 0 spiro atoms. The Hall–Kier alpha value is -1.22. The highest BCUT2D eigenvalue weighted by atomic mass is 16.5. The van der Waals surface area contributed by atoms with Crippen LogP contribution >= 0.6 is 0 Å². The van der Waals surface area contributed by atoms with Crippen LogP contribution in [0.25, 0.3) is 0 Å². The third-order valence-corrected chi connectivity index (χ3v) is 2.77. The van der Waals surface area contributed by atoms with Crippen molar-refractivity contribution in [1.82, 2.24) is 4.90 Å². The van der Waals surface area contributed by atoms with Gasteiger partial charge in [-0.05, 0) is 30.7 Å². The molecule has 3 heteroatoms. The molecule has 0 radical (unpaired) electrons. The minimum atomic E-state index is 0.669. The number of benzene rings is 1. The van der Waals surface area contributed by atoms with Gasteiger partial charge < -0.3 is 10.5 Å². The predicted octanol–water partition coefficient (Wildman–Crippen LogP) is 2.76. The Bertz CT molecular complexity index is 350. The van der Waals surface area contributed by atoms with Gasteiger partial charge in [-0.1, -0.05) is 20.8 Å². The summed E-state index contributed by atoms with van der Waals surface area (Å²) >= 11 is 0. The summed E-state index contributed by atoms with van der Waals surface area (Å²) in [7, 11) is 1.70. The predicted molar refractivity (Wildman–Crippen MR) is 73.2 cm³/mol. The van der Waals surface area contributed by atoms with E-state index in [1.165, 1.54) is 0 Å². The van der Waals surface area contributed by atoms with Gasteiger partial charge in [0.25, 0.3) is 0 Å². The molecule has 0 atom stereocenters. The monoisotopic (exact) mass is 236 g/mol. The van der Waals surface area contributed by atoms with E-state index in [0.29, 0.717) is 5.92 Å². The zero-order chi connectivity index (χ0) is 12.8. The van der Waals surface area contributed by atoms with E-state index in [1.807, 2.05) is 18.2 Å². The Kier molecular flexibility index (Phi) is 5.29. The maximum absolute atomic E-state index is 5.83. The number of nitrogen functional groups attached to an aromatic ring is 1. The van der Waals surface area contributed by atoms with Gasteiger partial charge in [-0.15, -0.1) is 0 Å². The van der Waals surface area contributed by atoms with Crippen LogP contribution in [0.2, 0.25) is 0 Å². The number of nitrogens with two attached hydrogens (primary N) is 1. The van der Waals surface area contributed by atoms with Crippen LogP contribution in [0.15, 0.2) is 18.2 Å². The van der Waals surface area contributed by atoms with Crippen LogP contribution in [0, 0.1) is 5.92 Å². The van der Waals surface area contributed by atoms with Crippen molar-refractivity contribution in [3.8, 4) is 5.75 Å². The summed E-state index contributed by atoms with van der Waals surface area (Å²) in [5.74, 6) is 1.59. The fraction of sp³-hybridized carbons (Fsp3) is 0.571. The lowest BCUT2D eigenvalue weighted by Crippen LogP contribution is -2.27. The van der Waals surface area contributed by atoms with Crippen molar-refractivity contribution in [2.45, 2.75) is 27.3 Å². The largest absolute Gasteiger partial charge is 0.496 e. The van der Waals surface area contributed by atoms with Crippen molar-refractivity contribution in [3.05, 3.63) is 23.8 Å². The van der Waals surface area contributed by atoms with Gasteiger partial charge in [-0.2, -0.15) is 0 Å². The molecule has 0 aromatic heterocycles. The topological polar surface area (TPSA) is 38.5 Å². The zero-order valence-corrected chi connectivity index (χ0v) is 11.4. The lowest BCUT2D eigenvalue weighted by atomic mass is 10.1. The fourth-order valence-corrected chi connectivity index (χ4v) is 1.98. The first-order chi connectivity index (χ1) is 8.06. The number of hydrogen-bond donors (Lipinski definition) is 1. The molecule has 0 saturated carbocycles. The van der Waals surface area contributed by atoms with Crippen molar-refractivity contribution >= 4 is 5.69 Å². The lowest BCUT2D eigenvalue weighted by molar-refractivity contribution is 0.245. The molecule has 1 aromatic rings. The molecule has 1 aromatic carbocycles. The molecule has 2 N–H and O–H groups in total. The van der Waals surface area contributed by atoms with Crippen LogP contribution in [-0.4, -0.2) is 25.1 Å². The van der Waals surface area contributed by atoms with Gasteiger partial charge in [0, 0.05) is 24.3 Å². The summed E-state index contributed by atoms with van der Waals surface area (Å²) in [4.78, 5) is 2.40. The summed E-state index contributed by atoms with van der Waals surface area (Å²) in [6.45, 7) is 9.67. The molecule has 0 fully saturated rings. The van der Waals surface area contributed by atoms with Gasteiger partial charge in [-0.25, -0.2) is 0 Å². The van der Waals surface area contributed by atoms with Crippen LogP contribution in [0.1, 0.15) is 26.3 Å². The Balaban J connectivity index is 2.80. The van der Waals surface area contributed by atoms with Crippen LogP contribution in [0.5, 0.6) is 5.75 Å². The third kappa shape index (κ3) is 4.27. The molecule has 0 aliphatic carbocycles.